The minimum atomic E-state index is -4.49. The molecule has 3 aromatic rings. The first kappa shape index (κ1) is 24.0. The molecule has 7 nitrogen and oxygen atoms in total. The molecule has 1 aromatic carbocycles. The van der Waals surface area contributed by atoms with Gasteiger partial charge in [0, 0.05) is 24.0 Å². The molecule has 0 fully saturated rings. The Morgan fingerprint density at radius 3 is 2.36 bits per heavy atom. The lowest BCUT2D eigenvalue weighted by atomic mass is 10.1. The van der Waals surface area contributed by atoms with Gasteiger partial charge in [0.25, 0.3) is 11.8 Å². The minimum absolute atomic E-state index is 0.160. The first-order chi connectivity index (χ1) is 15.5. The van der Waals surface area contributed by atoms with E-state index in [0.717, 1.165) is 12.3 Å². The number of hydrogen-bond donors (Lipinski definition) is 2. The van der Waals surface area contributed by atoms with Crippen molar-refractivity contribution in [2.75, 3.05) is 11.9 Å². The number of anilines is 1. The van der Waals surface area contributed by atoms with E-state index in [2.05, 4.69) is 20.7 Å². The second-order valence-electron chi connectivity index (χ2n) is 8.05. The number of aryl methyl sites for hydroxylation is 1. The van der Waals surface area contributed by atoms with Gasteiger partial charge in [0.15, 0.2) is 5.82 Å². The van der Waals surface area contributed by atoms with Gasteiger partial charge in [0.1, 0.15) is 0 Å². The lowest BCUT2D eigenvalue weighted by Crippen LogP contribution is -2.27. The third-order valence-electron chi connectivity index (χ3n) is 4.95. The number of carbonyl (C=O) groups is 2. The van der Waals surface area contributed by atoms with Crippen LogP contribution >= 0.6 is 0 Å². The molecule has 3 rings (SSSR count). The van der Waals surface area contributed by atoms with Gasteiger partial charge in [0.05, 0.1) is 23.0 Å². The van der Waals surface area contributed by atoms with Crippen molar-refractivity contribution >= 4 is 17.5 Å². The molecule has 10 heteroatoms. The first-order valence-corrected chi connectivity index (χ1v) is 10.3. The van der Waals surface area contributed by atoms with Gasteiger partial charge in [-0.05, 0) is 55.7 Å². The van der Waals surface area contributed by atoms with Crippen LogP contribution in [-0.4, -0.2) is 33.1 Å². The average molecular weight is 459 g/mol. The summed E-state index contributed by atoms with van der Waals surface area (Å²) in [6.07, 6.45) is -2.44. The van der Waals surface area contributed by atoms with Gasteiger partial charge in [-0.1, -0.05) is 13.8 Å². The normalized spacial score (nSPS) is 11.5. The summed E-state index contributed by atoms with van der Waals surface area (Å²) in [4.78, 5) is 28.8. The number of rotatable bonds is 6. The molecule has 0 spiro atoms. The van der Waals surface area contributed by atoms with Crippen molar-refractivity contribution in [3.05, 3.63) is 70.7 Å². The summed E-state index contributed by atoms with van der Waals surface area (Å²) in [5, 5.41) is 9.72. The van der Waals surface area contributed by atoms with Crippen LogP contribution in [0.3, 0.4) is 0 Å². The number of amides is 2. The number of halogens is 3. The highest BCUT2D eigenvalue weighted by Gasteiger charge is 2.31. The molecule has 0 saturated heterocycles. The molecular formula is C23H24F3N5O2. The van der Waals surface area contributed by atoms with Crippen LogP contribution in [0, 0.1) is 19.8 Å². The third kappa shape index (κ3) is 5.57. The number of hydrogen-bond acceptors (Lipinski definition) is 4. The van der Waals surface area contributed by atoms with Gasteiger partial charge in [-0.2, -0.15) is 18.3 Å². The maximum atomic E-state index is 12.8. The molecule has 0 bridgehead atoms. The van der Waals surface area contributed by atoms with Crippen LogP contribution in [0.1, 0.15) is 51.4 Å². The maximum absolute atomic E-state index is 12.8. The number of pyridine rings is 1. The highest BCUT2D eigenvalue weighted by atomic mass is 19.4. The van der Waals surface area contributed by atoms with E-state index in [1.165, 1.54) is 16.9 Å². The zero-order valence-corrected chi connectivity index (χ0v) is 18.6. The summed E-state index contributed by atoms with van der Waals surface area (Å²) in [5.41, 5.74) is 1.52. The van der Waals surface area contributed by atoms with Gasteiger partial charge in [0.2, 0.25) is 0 Å². The Morgan fingerprint density at radius 1 is 1.06 bits per heavy atom. The molecule has 2 N–H and O–H groups in total. The topological polar surface area (TPSA) is 88.9 Å². The Morgan fingerprint density at radius 2 is 1.79 bits per heavy atom. The fourth-order valence-corrected chi connectivity index (χ4v) is 3.08. The van der Waals surface area contributed by atoms with Crippen molar-refractivity contribution in [2.45, 2.75) is 33.9 Å². The summed E-state index contributed by atoms with van der Waals surface area (Å²) in [6.45, 7) is 7.96. The van der Waals surface area contributed by atoms with Gasteiger partial charge in [-0.15, -0.1) is 0 Å². The summed E-state index contributed by atoms with van der Waals surface area (Å²) < 4.78 is 39.6. The van der Waals surface area contributed by atoms with Crippen LogP contribution in [0.5, 0.6) is 0 Å². The van der Waals surface area contributed by atoms with Crippen LogP contribution < -0.4 is 10.6 Å². The van der Waals surface area contributed by atoms with Gasteiger partial charge < -0.3 is 10.6 Å². The average Bonchev–Trinajstić information content (AvgIpc) is 3.14. The Labute approximate surface area is 189 Å². The number of alkyl halides is 3. The molecular weight excluding hydrogens is 435 g/mol. The fraction of sp³-hybridized carbons (Fsp3) is 0.304. The summed E-state index contributed by atoms with van der Waals surface area (Å²) in [6, 6.07) is 7.06. The molecule has 33 heavy (non-hydrogen) atoms. The molecule has 0 atom stereocenters. The van der Waals surface area contributed by atoms with E-state index in [1.807, 2.05) is 13.8 Å². The Bertz CT molecular complexity index is 1170. The van der Waals surface area contributed by atoms with Gasteiger partial charge in [-0.3, -0.25) is 9.59 Å². The van der Waals surface area contributed by atoms with E-state index >= 15 is 0 Å². The highest BCUT2D eigenvalue weighted by Crippen LogP contribution is 2.29. The molecule has 2 aromatic heterocycles. The summed E-state index contributed by atoms with van der Waals surface area (Å²) in [7, 11) is 0. The molecule has 174 valence electrons. The van der Waals surface area contributed by atoms with Gasteiger partial charge >= 0.3 is 6.18 Å². The van der Waals surface area contributed by atoms with Gasteiger partial charge in [-0.25, -0.2) is 9.67 Å². The monoisotopic (exact) mass is 459 g/mol. The second-order valence-corrected chi connectivity index (χ2v) is 8.05. The molecule has 0 aliphatic rings. The van der Waals surface area contributed by atoms with Crippen LogP contribution in [0.2, 0.25) is 0 Å². The number of nitrogens with zero attached hydrogens (tertiary/aromatic N) is 3. The van der Waals surface area contributed by atoms with E-state index < -0.39 is 17.6 Å². The van der Waals surface area contributed by atoms with Crippen LogP contribution in [-0.2, 0) is 6.18 Å². The molecule has 0 radical (unpaired) electrons. The number of carbonyl (C=O) groups excluding carboxylic acids is 2. The number of aromatic nitrogens is 3. The molecule has 2 heterocycles. The standard InChI is InChI=1S/C23H24F3N5O2/c1-13(2)10-28-21(32)16-5-7-19(14(3)9-16)30-22(33)18-12-29-31(15(18)4)20-8-6-17(11-27-20)23(24,25)26/h5-9,11-13H,10H2,1-4H3,(H,28,32)(H,30,33). The molecule has 0 saturated carbocycles. The lowest BCUT2D eigenvalue weighted by molar-refractivity contribution is -0.137. The zero-order chi connectivity index (χ0) is 24.3. The van der Waals surface area contributed by atoms with E-state index in [0.29, 0.717) is 35.0 Å². The summed E-state index contributed by atoms with van der Waals surface area (Å²) in [5.74, 6) is -0.139. The fourth-order valence-electron chi connectivity index (χ4n) is 3.08. The Kier molecular flexibility index (Phi) is 6.85. The highest BCUT2D eigenvalue weighted by molar-refractivity contribution is 6.05. The Balaban J connectivity index is 1.75. The number of benzene rings is 1. The van der Waals surface area contributed by atoms with Crippen LogP contribution in [0.25, 0.3) is 5.82 Å². The molecule has 0 aliphatic heterocycles. The first-order valence-electron chi connectivity index (χ1n) is 10.3. The van der Waals surface area contributed by atoms with E-state index in [9.17, 15) is 22.8 Å². The largest absolute Gasteiger partial charge is 0.417 e. The maximum Gasteiger partial charge on any atom is 0.417 e. The van der Waals surface area contributed by atoms with Crippen molar-refractivity contribution in [3.63, 3.8) is 0 Å². The van der Waals surface area contributed by atoms with E-state index in [-0.39, 0.29) is 17.3 Å². The van der Waals surface area contributed by atoms with E-state index in [1.54, 1.807) is 32.0 Å². The lowest BCUT2D eigenvalue weighted by Gasteiger charge is -2.12. The predicted molar refractivity (Wildman–Crippen MR) is 117 cm³/mol. The van der Waals surface area contributed by atoms with Crippen molar-refractivity contribution < 1.29 is 22.8 Å². The predicted octanol–water partition coefficient (Wildman–Crippen LogP) is 4.54. The molecule has 2 amide bonds. The quantitative estimate of drug-likeness (QED) is 0.566. The second kappa shape index (κ2) is 9.43. The van der Waals surface area contributed by atoms with E-state index in [4.69, 9.17) is 0 Å². The minimum Gasteiger partial charge on any atom is -0.352 e. The number of nitrogens with one attached hydrogen (secondary N) is 2. The van der Waals surface area contributed by atoms with Crippen LogP contribution in [0.15, 0.2) is 42.7 Å². The summed E-state index contributed by atoms with van der Waals surface area (Å²) >= 11 is 0. The van der Waals surface area contributed by atoms with Crippen molar-refractivity contribution in [1.29, 1.82) is 0 Å². The smallest absolute Gasteiger partial charge is 0.352 e. The van der Waals surface area contributed by atoms with Crippen molar-refractivity contribution in [2.24, 2.45) is 5.92 Å². The van der Waals surface area contributed by atoms with Crippen molar-refractivity contribution in [1.82, 2.24) is 20.1 Å². The molecule has 0 unspecified atom stereocenters. The molecule has 0 aliphatic carbocycles. The van der Waals surface area contributed by atoms with Crippen LogP contribution in [0.4, 0.5) is 18.9 Å². The zero-order valence-electron chi connectivity index (χ0n) is 18.6. The van der Waals surface area contributed by atoms with Crippen molar-refractivity contribution in [3.8, 4) is 5.82 Å². The Hall–Kier alpha value is -3.69. The third-order valence-corrected chi connectivity index (χ3v) is 4.95. The SMILES string of the molecule is Cc1cc(C(=O)NCC(C)C)ccc1NC(=O)c1cnn(-c2ccc(C(F)(F)F)cn2)c1C.